The summed E-state index contributed by atoms with van der Waals surface area (Å²) in [4.78, 5) is 24.5. The molecule has 2 rings (SSSR count). The average Bonchev–Trinajstić information content (AvgIpc) is 2.88. The van der Waals surface area contributed by atoms with Gasteiger partial charge in [-0.15, -0.1) is 0 Å². The van der Waals surface area contributed by atoms with Crippen molar-refractivity contribution in [2.24, 2.45) is 13.0 Å². The number of aromatic nitrogens is 2. The Morgan fingerprint density at radius 1 is 1.43 bits per heavy atom. The van der Waals surface area contributed by atoms with Crippen LogP contribution in [0.5, 0.6) is 0 Å². The molecule has 0 radical (unpaired) electrons. The predicted molar refractivity (Wildman–Crippen MR) is 77.2 cm³/mol. The summed E-state index contributed by atoms with van der Waals surface area (Å²) in [6.07, 6.45) is 2.80. The van der Waals surface area contributed by atoms with Gasteiger partial charge in [-0.1, -0.05) is 0 Å². The van der Waals surface area contributed by atoms with Gasteiger partial charge in [-0.25, -0.2) is 13.6 Å². The zero-order valence-corrected chi connectivity index (χ0v) is 12.8. The highest BCUT2D eigenvalue weighted by Gasteiger charge is 2.35. The number of carbonyl (C=O) groups excluding carboxylic acids is 1. The predicted octanol–water partition coefficient (Wildman–Crippen LogP) is 1.10. The van der Waals surface area contributed by atoms with Crippen molar-refractivity contribution in [3.05, 3.63) is 18.0 Å². The first-order valence-corrected chi connectivity index (χ1v) is 7.38. The number of carbonyl (C=O) groups is 2. The number of hydrogen-bond donors (Lipinski definition) is 2. The summed E-state index contributed by atoms with van der Waals surface area (Å²) in [5.74, 6) is -4.55. The molecule has 1 unspecified atom stereocenters. The number of nitrogens with zero attached hydrogens (tertiary/aromatic N) is 3. The van der Waals surface area contributed by atoms with E-state index in [4.69, 9.17) is 0 Å². The zero-order chi connectivity index (χ0) is 17.0. The molecule has 0 aliphatic carbocycles. The molecule has 23 heavy (non-hydrogen) atoms. The minimum atomic E-state index is -2.72. The van der Waals surface area contributed by atoms with Gasteiger partial charge in [-0.2, -0.15) is 5.10 Å². The number of halogens is 2. The fourth-order valence-corrected chi connectivity index (χ4v) is 2.47. The normalized spacial score (nSPS) is 18.5. The Balaban J connectivity index is 1.84. The maximum Gasteiger partial charge on any atom is 0.317 e. The first-order chi connectivity index (χ1) is 10.8. The lowest BCUT2D eigenvalue weighted by atomic mass is 10.0. The molecule has 0 bridgehead atoms. The van der Waals surface area contributed by atoms with Crippen LogP contribution in [0.25, 0.3) is 0 Å². The molecule has 1 fully saturated rings. The molecule has 1 atom stereocenters. The molecule has 2 N–H and O–H groups in total. The van der Waals surface area contributed by atoms with E-state index in [1.165, 1.54) is 4.90 Å². The molecule has 2 amide bonds. The van der Waals surface area contributed by atoms with Crippen molar-refractivity contribution in [1.29, 1.82) is 0 Å². The van der Waals surface area contributed by atoms with Gasteiger partial charge < -0.3 is 15.3 Å². The molecule has 0 aromatic carbocycles. The number of nitrogens with one attached hydrogen (secondary N) is 1. The lowest BCUT2D eigenvalue weighted by Gasteiger charge is -2.32. The van der Waals surface area contributed by atoms with Crippen molar-refractivity contribution in [3.8, 4) is 0 Å². The van der Waals surface area contributed by atoms with Crippen molar-refractivity contribution in [2.45, 2.75) is 25.2 Å². The van der Waals surface area contributed by atoms with Crippen LogP contribution in [-0.2, 0) is 18.3 Å². The first kappa shape index (κ1) is 17.2. The Kier molecular flexibility index (Phi) is 5.17. The van der Waals surface area contributed by atoms with E-state index < -0.39 is 23.8 Å². The van der Waals surface area contributed by atoms with Gasteiger partial charge in [0.15, 0.2) is 0 Å². The van der Waals surface area contributed by atoms with E-state index in [1.807, 2.05) is 0 Å². The summed E-state index contributed by atoms with van der Waals surface area (Å²) >= 11 is 0. The highest BCUT2D eigenvalue weighted by Crippen LogP contribution is 2.27. The van der Waals surface area contributed by atoms with Crippen LogP contribution in [0, 0.1) is 5.92 Å². The molecule has 128 valence electrons. The molecular weight excluding hydrogens is 310 g/mol. The zero-order valence-electron chi connectivity index (χ0n) is 12.8. The molecule has 9 heteroatoms. The van der Waals surface area contributed by atoms with Gasteiger partial charge in [-0.05, 0) is 12.0 Å². The SMILES string of the molecule is Cn1cc(CC(CNC(=O)N2CCC(F)(F)CC2)C(=O)O)cn1. The standard InChI is InChI=1S/C14H20F2N4O3/c1-19-9-10(7-18-19)6-11(12(21)22)8-17-13(23)20-4-2-14(15,16)3-5-20/h7,9,11H,2-6,8H2,1H3,(H,17,23)(H,21,22). The number of likely N-dealkylation sites (tertiary alicyclic amines) is 1. The van der Waals surface area contributed by atoms with E-state index in [0.717, 1.165) is 5.56 Å². The number of piperidine rings is 1. The van der Waals surface area contributed by atoms with Gasteiger partial charge in [0.25, 0.3) is 5.92 Å². The van der Waals surface area contributed by atoms with E-state index in [2.05, 4.69) is 10.4 Å². The van der Waals surface area contributed by atoms with Gasteiger partial charge in [0, 0.05) is 45.7 Å². The maximum atomic E-state index is 13.1. The quantitative estimate of drug-likeness (QED) is 0.846. The van der Waals surface area contributed by atoms with Crippen LogP contribution in [0.4, 0.5) is 13.6 Å². The highest BCUT2D eigenvalue weighted by atomic mass is 19.3. The van der Waals surface area contributed by atoms with Crippen LogP contribution in [0.3, 0.4) is 0 Å². The molecule has 0 spiro atoms. The van der Waals surface area contributed by atoms with Crippen LogP contribution in [0.2, 0.25) is 0 Å². The lowest BCUT2D eigenvalue weighted by molar-refractivity contribution is -0.141. The minimum Gasteiger partial charge on any atom is -0.481 e. The van der Waals surface area contributed by atoms with Crippen LogP contribution >= 0.6 is 0 Å². The second-order valence-electron chi connectivity index (χ2n) is 5.79. The molecule has 0 saturated carbocycles. The Morgan fingerprint density at radius 3 is 2.61 bits per heavy atom. The van der Waals surface area contributed by atoms with Gasteiger partial charge in [0.05, 0.1) is 12.1 Å². The van der Waals surface area contributed by atoms with Crippen molar-refractivity contribution >= 4 is 12.0 Å². The first-order valence-electron chi connectivity index (χ1n) is 7.38. The van der Waals surface area contributed by atoms with Gasteiger partial charge >= 0.3 is 12.0 Å². The number of aliphatic carboxylic acids is 1. The summed E-state index contributed by atoms with van der Waals surface area (Å²) in [6.45, 7) is -0.117. The van der Waals surface area contributed by atoms with Gasteiger partial charge in [-0.3, -0.25) is 9.48 Å². The monoisotopic (exact) mass is 330 g/mol. The number of alkyl halides is 2. The van der Waals surface area contributed by atoms with E-state index >= 15 is 0 Å². The largest absolute Gasteiger partial charge is 0.481 e. The maximum absolute atomic E-state index is 13.1. The Morgan fingerprint density at radius 2 is 2.09 bits per heavy atom. The summed E-state index contributed by atoms with van der Waals surface area (Å²) in [5.41, 5.74) is 0.756. The molecule has 2 heterocycles. The number of carboxylic acids is 1. The van der Waals surface area contributed by atoms with Crippen molar-refractivity contribution in [1.82, 2.24) is 20.0 Å². The van der Waals surface area contributed by atoms with E-state index in [1.54, 1.807) is 24.1 Å². The van der Waals surface area contributed by atoms with Gasteiger partial charge in [0.2, 0.25) is 0 Å². The fraction of sp³-hybridized carbons (Fsp3) is 0.643. The smallest absolute Gasteiger partial charge is 0.317 e. The highest BCUT2D eigenvalue weighted by molar-refractivity contribution is 5.76. The van der Waals surface area contributed by atoms with Crippen molar-refractivity contribution in [2.75, 3.05) is 19.6 Å². The number of rotatable bonds is 5. The number of amides is 2. The Labute approximate surface area is 132 Å². The van der Waals surface area contributed by atoms with E-state index in [0.29, 0.717) is 0 Å². The average molecular weight is 330 g/mol. The molecule has 1 saturated heterocycles. The van der Waals surface area contributed by atoms with E-state index in [-0.39, 0.29) is 38.9 Å². The van der Waals surface area contributed by atoms with Crippen LogP contribution in [0.15, 0.2) is 12.4 Å². The number of carboxylic acid groups (broad SMARTS) is 1. The van der Waals surface area contributed by atoms with Crippen LogP contribution in [-0.4, -0.2) is 57.3 Å². The Hall–Kier alpha value is -2.19. The third-order valence-corrected chi connectivity index (χ3v) is 3.87. The number of aryl methyl sites for hydroxylation is 1. The number of urea groups is 1. The molecule has 1 aromatic rings. The molecule has 1 aliphatic heterocycles. The fourth-order valence-electron chi connectivity index (χ4n) is 2.47. The summed E-state index contributed by atoms with van der Waals surface area (Å²) < 4.78 is 27.7. The summed E-state index contributed by atoms with van der Waals surface area (Å²) in [7, 11) is 1.73. The Bertz CT molecular complexity index is 566. The van der Waals surface area contributed by atoms with Crippen LogP contribution < -0.4 is 5.32 Å². The summed E-state index contributed by atoms with van der Waals surface area (Å²) in [6, 6.07) is -0.502. The second-order valence-corrected chi connectivity index (χ2v) is 5.79. The lowest BCUT2D eigenvalue weighted by Crippen LogP contribution is -2.48. The third kappa shape index (κ3) is 4.90. The molecular formula is C14H20F2N4O3. The van der Waals surface area contributed by atoms with Crippen molar-refractivity contribution in [3.63, 3.8) is 0 Å². The molecule has 1 aliphatic rings. The third-order valence-electron chi connectivity index (χ3n) is 3.87. The van der Waals surface area contributed by atoms with Crippen LogP contribution in [0.1, 0.15) is 18.4 Å². The molecule has 1 aromatic heterocycles. The number of hydrogen-bond acceptors (Lipinski definition) is 3. The van der Waals surface area contributed by atoms with Gasteiger partial charge in [0.1, 0.15) is 0 Å². The molecule has 7 nitrogen and oxygen atoms in total. The van der Waals surface area contributed by atoms with Crippen molar-refractivity contribution < 1.29 is 23.5 Å². The topological polar surface area (TPSA) is 87.5 Å². The second kappa shape index (κ2) is 6.93. The minimum absolute atomic E-state index is 0.0286. The van der Waals surface area contributed by atoms with E-state index in [9.17, 15) is 23.5 Å². The summed E-state index contributed by atoms with van der Waals surface area (Å²) in [5, 5.41) is 15.7.